The Morgan fingerprint density at radius 3 is 2.39 bits per heavy atom. The summed E-state index contributed by atoms with van der Waals surface area (Å²) in [4.78, 5) is 49.0. The van der Waals surface area contributed by atoms with Crippen LogP contribution in [0.5, 0.6) is 11.6 Å². The van der Waals surface area contributed by atoms with Gasteiger partial charge >= 0.3 is 0 Å². The number of carbonyl (C=O) groups is 2. The number of hydrogen-bond donors (Lipinski definition) is 6. The molecule has 0 saturated carbocycles. The number of thiazole rings is 1. The lowest BCUT2D eigenvalue weighted by Crippen LogP contribution is -2.48. The molecule has 378 valence electrons. The monoisotopic (exact) mass is 997 g/mol. The van der Waals surface area contributed by atoms with E-state index in [1.807, 2.05) is 75.9 Å². The van der Waals surface area contributed by atoms with E-state index in [0.29, 0.717) is 53.6 Å². The number of nitrogens with one attached hydrogen (secondary N) is 3. The average Bonchev–Trinajstić information content (AvgIpc) is 4.14. The highest BCUT2D eigenvalue weighted by atomic mass is 32.1. The zero-order valence-corrected chi connectivity index (χ0v) is 41.9. The van der Waals surface area contributed by atoms with Crippen LogP contribution in [0, 0.1) is 18.3 Å². The fraction of sp³-hybridized carbons (Fsp3) is 0.442. The molecule has 0 radical (unpaired) electrons. The Kier molecular flexibility index (Phi) is 15.4. The highest BCUT2D eigenvalue weighted by Gasteiger charge is 2.43. The van der Waals surface area contributed by atoms with Gasteiger partial charge in [0.15, 0.2) is 11.5 Å². The van der Waals surface area contributed by atoms with Gasteiger partial charge in [-0.2, -0.15) is 0 Å². The van der Waals surface area contributed by atoms with Gasteiger partial charge in [-0.15, -0.1) is 21.5 Å². The molecule has 19 nitrogen and oxygen atoms in total. The number of phenolic OH excluding ortho intramolecular Hbond substituents is 1. The molecule has 6 aromatic rings. The van der Waals surface area contributed by atoms with E-state index in [1.54, 1.807) is 41.7 Å². The summed E-state index contributed by atoms with van der Waals surface area (Å²) in [5, 5.41) is 48.3. The summed E-state index contributed by atoms with van der Waals surface area (Å²) in [6, 6.07) is 17.4. The van der Waals surface area contributed by atoms with Gasteiger partial charge in [0.1, 0.15) is 30.2 Å². The predicted octanol–water partition coefficient (Wildman–Crippen LogP) is 6.26. The summed E-state index contributed by atoms with van der Waals surface area (Å²) in [5.41, 5.74) is 13.7. The molecule has 0 bridgehead atoms. The molecule has 20 heteroatoms. The second-order valence-corrected chi connectivity index (χ2v) is 20.3. The van der Waals surface area contributed by atoms with Crippen LogP contribution >= 0.6 is 11.3 Å². The largest absolute Gasteiger partial charge is 0.507 e. The Bertz CT molecular complexity index is 2820. The van der Waals surface area contributed by atoms with Gasteiger partial charge in [-0.1, -0.05) is 50.2 Å². The lowest BCUT2D eigenvalue weighted by atomic mass is 9.91. The molecule has 4 aromatic heterocycles. The number of phenols is 1. The van der Waals surface area contributed by atoms with Crippen LogP contribution in [0.15, 0.2) is 83.1 Å². The van der Waals surface area contributed by atoms with Crippen LogP contribution in [0.4, 0.5) is 11.6 Å². The number of likely N-dealkylation sites (tertiary alicyclic amines) is 2. The number of β-amino-alcohol motifs (C(OH)–C–C–N with tert-alkyl or cyclic N) is 1. The number of nitrogens with zero attached hydrogens (tertiary/aromatic N) is 9. The molecule has 1 unspecified atom stereocenters. The molecule has 3 saturated heterocycles. The van der Waals surface area contributed by atoms with Crippen molar-refractivity contribution in [2.24, 2.45) is 11.7 Å². The van der Waals surface area contributed by atoms with Gasteiger partial charge in [-0.3, -0.25) is 19.9 Å². The first-order valence-corrected chi connectivity index (χ1v) is 25.6. The summed E-state index contributed by atoms with van der Waals surface area (Å²) >= 11 is 1.59. The smallest absolute Gasteiger partial charge is 0.254 e. The fourth-order valence-electron chi connectivity index (χ4n) is 10.0. The maximum Gasteiger partial charge on any atom is 0.254 e. The van der Waals surface area contributed by atoms with Crippen molar-refractivity contribution in [2.75, 3.05) is 56.1 Å². The normalized spacial score (nSPS) is 18.8. The lowest BCUT2D eigenvalue weighted by molar-refractivity contribution is -0.141. The molecule has 2 amide bonds. The van der Waals surface area contributed by atoms with Crippen molar-refractivity contribution in [3.8, 4) is 33.3 Å². The van der Waals surface area contributed by atoms with Crippen molar-refractivity contribution >= 4 is 40.6 Å². The predicted molar refractivity (Wildman–Crippen MR) is 274 cm³/mol. The van der Waals surface area contributed by atoms with Crippen LogP contribution in [0.3, 0.4) is 0 Å². The number of hydrogen-bond acceptors (Lipinski definition) is 17. The van der Waals surface area contributed by atoms with Crippen LogP contribution in [0.2, 0.25) is 0 Å². The number of rotatable bonds is 17. The van der Waals surface area contributed by atoms with Gasteiger partial charge in [-0.25, -0.2) is 15.0 Å². The van der Waals surface area contributed by atoms with Crippen molar-refractivity contribution in [3.05, 3.63) is 107 Å². The quantitative estimate of drug-likeness (QED) is 0.0435. The molecule has 2 aromatic carbocycles. The van der Waals surface area contributed by atoms with Crippen molar-refractivity contribution in [1.82, 2.24) is 45.4 Å². The van der Waals surface area contributed by atoms with Gasteiger partial charge < -0.3 is 45.6 Å². The van der Waals surface area contributed by atoms with Crippen molar-refractivity contribution in [3.63, 3.8) is 0 Å². The number of piperidine rings is 2. The van der Waals surface area contributed by atoms with Gasteiger partial charge in [0.2, 0.25) is 17.8 Å². The standard InChI is InChI=1S/C52H63N13O6S/c1-30(2)46(51(69)65-28-38(66)23-42(65)50(68)58-31(3)33-9-11-35(12-10-33)48-32(4)57-29-72-48)44-25-45(62-71-44)70-22-21-63-17-13-34(14-18-63)36-26-55-52(56-27-36)64-19-15-37(16-20-64)59-41-24-40(60-61-47(41)49(53)54)39-7-5-6-8-43(39)67/h5-12,24-27,29-31,34,37-38,42,46,66-67H,13-23,28H2,1-4H3,(H3,53,54)(H,58,68)(H,59,60)/t31-,38+,42-,46?/m0/s1. The SMILES string of the molecule is Cc1ncsc1-c1ccc([C@H](C)NC(=O)[C@@H]2C[C@@H](O)CN2C(=O)C(c2cc(OCCN3CCC(c4cnc(N5CCC(Nc6cc(-c7ccccc7O)nnc6C(=N)N)CC5)nc4)CC3)no2)C(C)C)cc1. The molecule has 3 aliphatic rings. The third-order valence-corrected chi connectivity index (χ3v) is 15.1. The second-order valence-electron chi connectivity index (χ2n) is 19.4. The topological polar surface area (TPSA) is 258 Å². The van der Waals surface area contributed by atoms with E-state index in [0.717, 1.165) is 79.1 Å². The number of aryl methyl sites for hydroxylation is 1. The van der Waals surface area contributed by atoms with Crippen molar-refractivity contribution < 1.29 is 29.1 Å². The Labute approximate surface area is 422 Å². The third kappa shape index (κ3) is 11.3. The number of aromatic nitrogens is 6. The minimum absolute atomic E-state index is 0.0479. The number of anilines is 2. The summed E-state index contributed by atoms with van der Waals surface area (Å²) in [6.45, 7) is 12.2. The third-order valence-electron chi connectivity index (χ3n) is 14.1. The number of nitrogen functional groups attached to an aromatic ring is 1. The first-order chi connectivity index (χ1) is 34.8. The van der Waals surface area contributed by atoms with E-state index in [1.165, 1.54) is 4.90 Å². The minimum atomic E-state index is -0.834. The van der Waals surface area contributed by atoms with Gasteiger partial charge in [-0.05, 0) is 105 Å². The number of nitrogens with two attached hydrogens (primary N) is 1. The second kappa shape index (κ2) is 22.2. The van der Waals surface area contributed by atoms with Gasteiger partial charge in [0, 0.05) is 62.7 Å². The number of amidine groups is 1. The van der Waals surface area contributed by atoms with E-state index >= 15 is 0 Å². The van der Waals surface area contributed by atoms with Crippen LogP contribution in [-0.4, -0.2) is 132 Å². The molecular formula is C52H63N13O6S. The van der Waals surface area contributed by atoms with E-state index < -0.39 is 18.1 Å². The van der Waals surface area contributed by atoms with E-state index in [-0.39, 0.29) is 60.1 Å². The maximum absolute atomic E-state index is 14.2. The Hall–Kier alpha value is -7.03. The Morgan fingerprint density at radius 1 is 0.972 bits per heavy atom. The van der Waals surface area contributed by atoms with Gasteiger partial charge in [0.25, 0.3) is 5.88 Å². The summed E-state index contributed by atoms with van der Waals surface area (Å²) < 4.78 is 11.8. The molecule has 4 atom stereocenters. The number of benzene rings is 2. The summed E-state index contributed by atoms with van der Waals surface area (Å²) in [5.74, 6) is 0.0951. The lowest BCUT2D eigenvalue weighted by Gasteiger charge is -2.34. The number of aliphatic hydroxyl groups is 1. The minimum Gasteiger partial charge on any atom is -0.507 e. The molecule has 7 N–H and O–H groups in total. The van der Waals surface area contributed by atoms with E-state index in [9.17, 15) is 19.8 Å². The zero-order chi connectivity index (χ0) is 50.5. The van der Waals surface area contributed by atoms with Crippen molar-refractivity contribution in [1.29, 1.82) is 5.41 Å². The van der Waals surface area contributed by atoms with E-state index in [2.05, 4.69) is 40.8 Å². The van der Waals surface area contributed by atoms with E-state index in [4.69, 9.17) is 30.4 Å². The number of amides is 2. The molecule has 3 fully saturated rings. The number of carbonyl (C=O) groups excluding carboxylic acids is 2. The first-order valence-electron chi connectivity index (χ1n) is 24.7. The number of aliphatic hydroxyl groups excluding tert-OH is 1. The Morgan fingerprint density at radius 2 is 1.71 bits per heavy atom. The summed E-state index contributed by atoms with van der Waals surface area (Å²) in [7, 11) is 0. The first kappa shape index (κ1) is 49.9. The fourth-order valence-corrected chi connectivity index (χ4v) is 10.9. The van der Waals surface area contributed by atoms with Crippen LogP contribution in [0.1, 0.15) is 99.0 Å². The van der Waals surface area contributed by atoms with Crippen molar-refractivity contribution in [2.45, 2.75) is 95.9 Å². The molecule has 3 aliphatic heterocycles. The maximum atomic E-state index is 14.2. The molecule has 0 spiro atoms. The average molecular weight is 998 g/mol. The van der Waals surface area contributed by atoms with Crippen LogP contribution < -0.4 is 26.0 Å². The molecule has 9 rings (SSSR count). The van der Waals surface area contributed by atoms with Crippen LogP contribution in [-0.2, 0) is 9.59 Å². The van der Waals surface area contributed by atoms with Crippen LogP contribution in [0.25, 0.3) is 21.7 Å². The number of ether oxygens (including phenoxy) is 1. The molecule has 7 heterocycles. The Balaban J connectivity index is 0.716. The van der Waals surface area contributed by atoms with Gasteiger partial charge in [0.05, 0.1) is 39.6 Å². The highest BCUT2D eigenvalue weighted by Crippen LogP contribution is 2.35. The number of aromatic hydroxyl groups is 1. The number of para-hydroxylation sites is 1. The molecule has 72 heavy (non-hydrogen) atoms. The molecule has 0 aliphatic carbocycles. The molecular weight excluding hydrogens is 935 g/mol. The zero-order valence-electron chi connectivity index (χ0n) is 41.1. The highest BCUT2D eigenvalue weighted by molar-refractivity contribution is 7.13. The summed E-state index contributed by atoms with van der Waals surface area (Å²) in [6.07, 6.45) is 6.80.